The summed E-state index contributed by atoms with van der Waals surface area (Å²) in [6, 6.07) is 3.27. The van der Waals surface area contributed by atoms with Gasteiger partial charge in [0.1, 0.15) is 5.75 Å². The second-order valence-corrected chi connectivity index (χ2v) is 6.66. The van der Waals surface area contributed by atoms with Gasteiger partial charge in [-0.25, -0.2) is 9.37 Å². The number of hydrogen-bond donors (Lipinski definition) is 4. The molecule has 0 saturated heterocycles. The number of hydrogen-bond acceptors (Lipinski definition) is 6. The number of halogens is 1. The minimum Gasteiger partial charge on any atom is -0.507 e. The third kappa shape index (κ3) is 4.88. The summed E-state index contributed by atoms with van der Waals surface area (Å²) in [5, 5.41) is 15.8. The molecule has 1 saturated carbocycles. The van der Waals surface area contributed by atoms with Crippen LogP contribution >= 0.6 is 0 Å². The van der Waals surface area contributed by atoms with Crippen molar-refractivity contribution in [2.75, 3.05) is 10.6 Å². The molecule has 152 valence electrons. The van der Waals surface area contributed by atoms with Crippen LogP contribution in [0.1, 0.15) is 44.2 Å². The number of anilines is 3. The van der Waals surface area contributed by atoms with E-state index >= 15 is 0 Å². The molecule has 1 amide bonds. The fourth-order valence-corrected chi connectivity index (χ4v) is 3.33. The number of nitrogens with one attached hydrogen (secondary N) is 2. The first-order valence-electron chi connectivity index (χ1n) is 9.50. The largest absolute Gasteiger partial charge is 0.507 e. The highest BCUT2D eigenvalue weighted by atomic mass is 19.1. The van der Waals surface area contributed by atoms with Gasteiger partial charge in [-0.2, -0.15) is 4.98 Å². The minimum atomic E-state index is -0.594. The fourth-order valence-electron chi connectivity index (χ4n) is 3.33. The number of carbonyl (C=O) groups excluding carboxylic acids is 1. The van der Waals surface area contributed by atoms with Gasteiger partial charge in [0.25, 0.3) is 0 Å². The summed E-state index contributed by atoms with van der Waals surface area (Å²) >= 11 is 0. The summed E-state index contributed by atoms with van der Waals surface area (Å²) in [5.41, 5.74) is 7.52. The average Bonchev–Trinajstić information content (AvgIpc) is 3.12. The van der Waals surface area contributed by atoms with Gasteiger partial charge in [-0.3, -0.25) is 4.79 Å². The van der Waals surface area contributed by atoms with Gasteiger partial charge < -0.3 is 21.5 Å². The van der Waals surface area contributed by atoms with Crippen molar-refractivity contribution in [3.63, 3.8) is 0 Å². The average molecular weight is 389 g/mol. The van der Waals surface area contributed by atoms with Gasteiger partial charge in [-0.1, -0.05) is 20.3 Å². The standard InChI is InChI=1S/C18H22FN5O2.C2H6/c1-9-6-11(7-10(2)15(9)25)22-18-21-8-13(19)17(24-18)23-14-5-3-4-12(14)16(20)26;1-2/h6-8,12,14,25H,3-5H2,1-2H3,(H2,20,26)(H2,21,22,23,24);1-2H3. The maximum absolute atomic E-state index is 14.1. The van der Waals surface area contributed by atoms with Crippen LogP contribution in [0.3, 0.4) is 0 Å². The molecule has 0 aliphatic heterocycles. The molecule has 0 radical (unpaired) electrons. The highest BCUT2D eigenvalue weighted by Crippen LogP contribution is 2.30. The molecule has 8 heteroatoms. The SMILES string of the molecule is CC.Cc1cc(Nc2ncc(F)c(NC3CCCC3C(N)=O)n2)cc(C)c1O. The van der Waals surface area contributed by atoms with E-state index in [1.54, 1.807) is 26.0 Å². The zero-order valence-corrected chi connectivity index (χ0v) is 16.7. The molecular weight excluding hydrogens is 361 g/mol. The zero-order chi connectivity index (χ0) is 20.8. The number of nitrogens with two attached hydrogens (primary N) is 1. The van der Waals surface area contributed by atoms with Gasteiger partial charge in [-0.15, -0.1) is 0 Å². The van der Waals surface area contributed by atoms with Crippen molar-refractivity contribution >= 4 is 23.4 Å². The first kappa shape index (κ1) is 21.4. The van der Waals surface area contributed by atoms with E-state index in [4.69, 9.17) is 5.73 Å². The van der Waals surface area contributed by atoms with E-state index in [-0.39, 0.29) is 35.4 Å². The van der Waals surface area contributed by atoms with Crippen LogP contribution in [0.2, 0.25) is 0 Å². The Bertz CT molecular complexity index is 820. The molecule has 2 aromatic rings. The molecule has 0 spiro atoms. The fraction of sp³-hybridized carbons (Fsp3) is 0.450. The van der Waals surface area contributed by atoms with Gasteiger partial charge in [0.2, 0.25) is 11.9 Å². The number of benzene rings is 1. The Morgan fingerprint density at radius 3 is 2.50 bits per heavy atom. The molecular formula is C20H28FN5O2. The molecule has 0 bridgehead atoms. The lowest BCUT2D eigenvalue weighted by atomic mass is 10.0. The van der Waals surface area contributed by atoms with Crippen molar-refractivity contribution in [2.45, 2.75) is 53.0 Å². The van der Waals surface area contributed by atoms with Crippen LogP contribution in [0.15, 0.2) is 18.3 Å². The maximum atomic E-state index is 14.1. The molecule has 1 aliphatic carbocycles. The summed E-state index contributed by atoms with van der Waals surface area (Å²) in [6.07, 6.45) is 3.36. The number of primary amides is 1. The summed E-state index contributed by atoms with van der Waals surface area (Å²) < 4.78 is 14.1. The topological polar surface area (TPSA) is 113 Å². The second kappa shape index (κ2) is 9.34. The number of amides is 1. The Morgan fingerprint density at radius 2 is 1.89 bits per heavy atom. The lowest BCUT2D eigenvalue weighted by molar-refractivity contribution is -0.121. The zero-order valence-electron chi connectivity index (χ0n) is 16.7. The molecule has 1 aromatic carbocycles. The molecule has 5 N–H and O–H groups in total. The predicted molar refractivity (Wildman–Crippen MR) is 108 cm³/mol. The van der Waals surface area contributed by atoms with Crippen LogP contribution < -0.4 is 16.4 Å². The monoisotopic (exact) mass is 389 g/mol. The smallest absolute Gasteiger partial charge is 0.229 e. The summed E-state index contributed by atoms with van der Waals surface area (Å²) in [7, 11) is 0. The van der Waals surface area contributed by atoms with E-state index in [2.05, 4.69) is 20.6 Å². The normalized spacial score (nSPS) is 18.2. The number of aromatic hydroxyl groups is 1. The number of phenols is 1. The van der Waals surface area contributed by atoms with Crippen LogP contribution in [0.5, 0.6) is 5.75 Å². The number of carbonyl (C=O) groups is 1. The van der Waals surface area contributed by atoms with Crippen molar-refractivity contribution in [1.29, 1.82) is 0 Å². The van der Waals surface area contributed by atoms with Crippen LogP contribution in [0, 0.1) is 25.6 Å². The number of nitrogens with zero attached hydrogens (tertiary/aromatic N) is 2. The highest BCUT2D eigenvalue weighted by Gasteiger charge is 2.32. The third-order valence-electron chi connectivity index (χ3n) is 4.69. The van der Waals surface area contributed by atoms with Crippen LogP contribution in [-0.2, 0) is 4.79 Å². The molecule has 1 fully saturated rings. The maximum Gasteiger partial charge on any atom is 0.229 e. The van der Waals surface area contributed by atoms with Gasteiger partial charge >= 0.3 is 0 Å². The van der Waals surface area contributed by atoms with Crippen molar-refractivity contribution < 1.29 is 14.3 Å². The van der Waals surface area contributed by atoms with Crippen LogP contribution in [-0.4, -0.2) is 27.0 Å². The van der Waals surface area contributed by atoms with Gasteiger partial charge in [0, 0.05) is 11.7 Å². The van der Waals surface area contributed by atoms with Crippen molar-refractivity contribution in [2.24, 2.45) is 11.7 Å². The minimum absolute atomic E-state index is 0.0351. The molecule has 1 aromatic heterocycles. The van der Waals surface area contributed by atoms with Crippen molar-refractivity contribution in [3.05, 3.63) is 35.3 Å². The first-order valence-corrected chi connectivity index (χ1v) is 9.50. The van der Waals surface area contributed by atoms with Crippen molar-refractivity contribution in [3.8, 4) is 5.75 Å². The summed E-state index contributed by atoms with van der Waals surface area (Å²) in [4.78, 5) is 19.6. The number of aromatic nitrogens is 2. The van der Waals surface area contributed by atoms with E-state index in [0.29, 0.717) is 23.2 Å². The second-order valence-electron chi connectivity index (χ2n) is 6.66. The lowest BCUT2D eigenvalue weighted by Crippen LogP contribution is -2.34. The van der Waals surface area contributed by atoms with Gasteiger partial charge in [-0.05, 0) is 49.9 Å². The molecule has 7 nitrogen and oxygen atoms in total. The number of aryl methyl sites for hydroxylation is 2. The Hall–Kier alpha value is -2.90. The van der Waals surface area contributed by atoms with E-state index < -0.39 is 5.82 Å². The molecule has 3 rings (SSSR count). The molecule has 2 atom stereocenters. The van der Waals surface area contributed by atoms with Crippen LogP contribution in [0.4, 0.5) is 21.8 Å². The number of phenolic OH excluding ortho intramolecular Hbond substituents is 1. The summed E-state index contributed by atoms with van der Waals surface area (Å²) in [6.45, 7) is 7.58. The Labute approximate surface area is 164 Å². The van der Waals surface area contributed by atoms with E-state index in [0.717, 1.165) is 19.0 Å². The summed E-state index contributed by atoms with van der Waals surface area (Å²) in [5.74, 6) is -0.827. The van der Waals surface area contributed by atoms with Crippen LogP contribution in [0.25, 0.3) is 0 Å². The first-order chi connectivity index (χ1) is 13.3. The molecule has 1 aliphatic rings. The van der Waals surface area contributed by atoms with Gasteiger partial charge in [0.05, 0.1) is 12.1 Å². The quantitative estimate of drug-likeness (QED) is 0.579. The van der Waals surface area contributed by atoms with E-state index in [9.17, 15) is 14.3 Å². The Morgan fingerprint density at radius 1 is 1.25 bits per heavy atom. The highest BCUT2D eigenvalue weighted by molar-refractivity contribution is 5.78. The Kier molecular flexibility index (Phi) is 7.14. The Balaban J connectivity index is 0.00000136. The van der Waals surface area contributed by atoms with E-state index in [1.807, 2.05) is 13.8 Å². The predicted octanol–water partition coefficient (Wildman–Crippen LogP) is 3.77. The van der Waals surface area contributed by atoms with Crippen molar-refractivity contribution in [1.82, 2.24) is 9.97 Å². The third-order valence-corrected chi connectivity index (χ3v) is 4.69. The molecule has 28 heavy (non-hydrogen) atoms. The number of rotatable bonds is 5. The molecule has 1 heterocycles. The van der Waals surface area contributed by atoms with Gasteiger partial charge in [0.15, 0.2) is 11.6 Å². The molecule has 2 unspecified atom stereocenters. The van der Waals surface area contributed by atoms with E-state index in [1.165, 1.54) is 0 Å². The lowest BCUT2D eigenvalue weighted by Gasteiger charge is -2.19.